The van der Waals surface area contributed by atoms with Gasteiger partial charge >= 0.3 is 0 Å². The summed E-state index contributed by atoms with van der Waals surface area (Å²) in [5.41, 5.74) is 11.7. The van der Waals surface area contributed by atoms with Gasteiger partial charge in [-0.15, -0.1) is 0 Å². The second-order valence-corrected chi connectivity index (χ2v) is 3.83. The third-order valence-corrected chi connectivity index (χ3v) is 2.33. The molecule has 0 fully saturated rings. The predicted molar refractivity (Wildman–Crippen MR) is 65.1 cm³/mol. The molecule has 1 aromatic rings. The third kappa shape index (κ3) is 5.27. The highest BCUT2D eigenvalue weighted by atomic mass is 35.5. The second kappa shape index (κ2) is 6.30. The molecule has 0 aliphatic carbocycles. The van der Waals surface area contributed by atoms with Crippen LogP contribution < -0.4 is 11.5 Å². The van der Waals surface area contributed by atoms with Crippen LogP contribution in [0.4, 0.5) is 0 Å². The molecular formula is C11H16ClN3. The van der Waals surface area contributed by atoms with Crippen LogP contribution in [0.1, 0.15) is 18.4 Å². The summed E-state index contributed by atoms with van der Waals surface area (Å²) >= 11 is 5.78. The van der Waals surface area contributed by atoms with Gasteiger partial charge in [0.2, 0.25) is 0 Å². The summed E-state index contributed by atoms with van der Waals surface area (Å²) in [4.78, 5) is 3.92. The van der Waals surface area contributed by atoms with Crippen LogP contribution in [0, 0.1) is 0 Å². The molecule has 0 heterocycles. The van der Waals surface area contributed by atoms with Gasteiger partial charge in [0.15, 0.2) is 5.96 Å². The first-order valence-electron chi connectivity index (χ1n) is 4.98. The van der Waals surface area contributed by atoms with Gasteiger partial charge in [0, 0.05) is 11.6 Å². The zero-order chi connectivity index (χ0) is 11.1. The molecule has 1 rings (SSSR count). The number of guanidine groups is 1. The van der Waals surface area contributed by atoms with Crippen molar-refractivity contribution in [1.82, 2.24) is 0 Å². The third-order valence-electron chi connectivity index (χ3n) is 2.08. The number of halogens is 1. The first-order valence-corrected chi connectivity index (χ1v) is 5.36. The highest BCUT2D eigenvalue weighted by Crippen LogP contribution is 2.11. The molecule has 0 saturated carbocycles. The fourth-order valence-electron chi connectivity index (χ4n) is 1.30. The van der Waals surface area contributed by atoms with Crippen molar-refractivity contribution < 1.29 is 0 Å². The molecule has 0 saturated heterocycles. The van der Waals surface area contributed by atoms with Gasteiger partial charge in [-0.2, -0.15) is 0 Å². The summed E-state index contributed by atoms with van der Waals surface area (Å²) in [6.07, 6.45) is 3.12. The maximum absolute atomic E-state index is 5.78. The number of nitrogens with zero attached hydrogens (tertiary/aromatic N) is 1. The highest BCUT2D eigenvalue weighted by molar-refractivity contribution is 6.30. The molecule has 4 N–H and O–H groups in total. The van der Waals surface area contributed by atoms with Gasteiger partial charge in [0.05, 0.1) is 0 Å². The number of hydrogen-bond donors (Lipinski definition) is 2. The van der Waals surface area contributed by atoms with Crippen LogP contribution in [-0.2, 0) is 6.42 Å². The molecule has 0 spiro atoms. The van der Waals surface area contributed by atoms with Crippen molar-refractivity contribution in [2.75, 3.05) is 6.54 Å². The Morgan fingerprint density at radius 3 is 2.40 bits per heavy atom. The predicted octanol–water partition coefficient (Wildman–Crippen LogP) is 1.94. The van der Waals surface area contributed by atoms with E-state index in [4.69, 9.17) is 23.1 Å². The van der Waals surface area contributed by atoms with Gasteiger partial charge in [-0.1, -0.05) is 23.7 Å². The number of unbranched alkanes of at least 4 members (excludes halogenated alkanes) is 1. The molecule has 4 heteroatoms. The van der Waals surface area contributed by atoms with Crippen LogP contribution in [0.2, 0.25) is 5.02 Å². The van der Waals surface area contributed by atoms with Crippen LogP contribution in [0.15, 0.2) is 29.3 Å². The summed E-state index contributed by atoms with van der Waals surface area (Å²) in [6.45, 7) is 0.704. The summed E-state index contributed by atoms with van der Waals surface area (Å²) < 4.78 is 0. The molecular weight excluding hydrogens is 210 g/mol. The van der Waals surface area contributed by atoms with Gasteiger partial charge in [-0.3, -0.25) is 4.99 Å². The topological polar surface area (TPSA) is 64.4 Å². The maximum atomic E-state index is 5.78. The standard InChI is InChI=1S/C11H16ClN3/c12-10-6-4-9(5-7-10)3-1-2-8-15-11(13)14/h4-7H,1-3,8H2,(H4,13,14,15). The molecule has 15 heavy (non-hydrogen) atoms. The van der Waals surface area contributed by atoms with E-state index < -0.39 is 0 Å². The zero-order valence-electron chi connectivity index (χ0n) is 8.62. The quantitative estimate of drug-likeness (QED) is 0.457. The number of benzene rings is 1. The molecule has 0 aliphatic rings. The number of hydrogen-bond acceptors (Lipinski definition) is 1. The molecule has 0 unspecified atom stereocenters. The van der Waals surface area contributed by atoms with Crippen molar-refractivity contribution in [1.29, 1.82) is 0 Å². The first kappa shape index (κ1) is 11.9. The molecule has 3 nitrogen and oxygen atoms in total. The van der Waals surface area contributed by atoms with Crippen molar-refractivity contribution in [3.8, 4) is 0 Å². The summed E-state index contributed by atoms with van der Waals surface area (Å²) in [6, 6.07) is 7.91. The molecule has 0 atom stereocenters. The largest absolute Gasteiger partial charge is 0.370 e. The molecule has 0 radical (unpaired) electrons. The van der Waals surface area contributed by atoms with Crippen LogP contribution in [0.5, 0.6) is 0 Å². The van der Waals surface area contributed by atoms with Crippen molar-refractivity contribution in [3.05, 3.63) is 34.9 Å². The lowest BCUT2D eigenvalue weighted by Gasteiger charge is -2.00. The average molecular weight is 226 g/mol. The van der Waals surface area contributed by atoms with Crippen molar-refractivity contribution in [2.45, 2.75) is 19.3 Å². The minimum absolute atomic E-state index is 0.168. The first-order chi connectivity index (χ1) is 7.18. The minimum atomic E-state index is 0.168. The monoisotopic (exact) mass is 225 g/mol. The maximum Gasteiger partial charge on any atom is 0.185 e. The van der Waals surface area contributed by atoms with Crippen LogP contribution in [-0.4, -0.2) is 12.5 Å². The Labute approximate surface area is 95.1 Å². The van der Waals surface area contributed by atoms with E-state index in [-0.39, 0.29) is 5.96 Å². The second-order valence-electron chi connectivity index (χ2n) is 3.39. The minimum Gasteiger partial charge on any atom is -0.370 e. The zero-order valence-corrected chi connectivity index (χ0v) is 9.37. The Hall–Kier alpha value is -1.22. The van der Waals surface area contributed by atoms with E-state index in [2.05, 4.69) is 4.99 Å². The van der Waals surface area contributed by atoms with Gasteiger partial charge in [-0.25, -0.2) is 0 Å². The Bertz CT molecular complexity index is 315. The Morgan fingerprint density at radius 1 is 1.13 bits per heavy atom. The Kier molecular flexibility index (Phi) is 4.98. The van der Waals surface area contributed by atoms with Gasteiger partial charge in [0.1, 0.15) is 0 Å². The molecule has 0 amide bonds. The molecule has 0 aliphatic heterocycles. The molecule has 82 valence electrons. The molecule has 0 aromatic heterocycles. The summed E-state index contributed by atoms with van der Waals surface area (Å²) in [5, 5.41) is 0.777. The summed E-state index contributed by atoms with van der Waals surface area (Å²) in [5.74, 6) is 0.168. The lowest BCUT2D eigenvalue weighted by atomic mass is 10.1. The van der Waals surface area contributed by atoms with Crippen LogP contribution in [0.3, 0.4) is 0 Å². The van der Waals surface area contributed by atoms with E-state index in [1.54, 1.807) is 0 Å². The molecule has 0 bridgehead atoms. The van der Waals surface area contributed by atoms with E-state index >= 15 is 0 Å². The van der Waals surface area contributed by atoms with Gasteiger partial charge in [-0.05, 0) is 37.0 Å². The Morgan fingerprint density at radius 2 is 1.80 bits per heavy atom. The Balaban J connectivity index is 2.20. The van der Waals surface area contributed by atoms with E-state index in [1.165, 1.54) is 5.56 Å². The SMILES string of the molecule is NC(N)=NCCCCc1ccc(Cl)cc1. The van der Waals surface area contributed by atoms with Crippen LogP contribution in [0.25, 0.3) is 0 Å². The van der Waals surface area contributed by atoms with Crippen LogP contribution >= 0.6 is 11.6 Å². The smallest absolute Gasteiger partial charge is 0.185 e. The fourth-order valence-corrected chi connectivity index (χ4v) is 1.43. The number of aliphatic imine (C=N–C) groups is 1. The fraction of sp³-hybridized carbons (Fsp3) is 0.364. The number of aryl methyl sites for hydroxylation is 1. The lowest BCUT2D eigenvalue weighted by Crippen LogP contribution is -2.22. The lowest BCUT2D eigenvalue weighted by molar-refractivity contribution is 0.744. The highest BCUT2D eigenvalue weighted by Gasteiger charge is 1.93. The van der Waals surface area contributed by atoms with E-state index in [9.17, 15) is 0 Å². The van der Waals surface area contributed by atoms with E-state index in [0.717, 1.165) is 24.3 Å². The average Bonchev–Trinajstić information content (AvgIpc) is 2.20. The molecule has 1 aromatic carbocycles. The van der Waals surface area contributed by atoms with Crippen molar-refractivity contribution in [2.24, 2.45) is 16.5 Å². The van der Waals surface area contributed by atoms with Crippen molar-refractivity contribution in [3.63, 3.8) is 0 Å². The van der Waals surface area contributed by atoms with E-state index in [1.807, 2.05) is 24.3 Å². The normalized spacial score (nSPS) is 9.93. The van der Waals surface area contributed by atoms with Gasteiger partial charge in [0.25, 0.3) is 0 Å². The summed E-state index contributed by atoms with van der Waals surface area (Å²) in [7, 11) is 0. The number of nitrogens with two attached hydrogens (primary N) is 2. The van der Waals surface area contributed by atoms with Gasteiger partial charge < -0.3 is 11.5 Å². The van der Waals surface area contributed by atoms with E-state index in [0.29, 0.717) is 6.54 Å². The van der Waals surface area contributed by atoms with Crippen molar-refractivity contribution >= 4 is 17.6 Å². The number of rotatable bonds is 5.